The zero-order valence-corrected chi connectivity index (χ0v) is 19.4. The van der Waals surface area contributed by atoms with Crippen LogP contribution in [0.25, 0.3) is 21.8 Å². The van der Waals surface area contributed by atoms with Gasteiger partial charge < -0.3 is 24.5 Å². The third-order valence-corrected chi connectivity index (χ3v) is 5.69. The van der Waals surface area contributed by atoms with Crippen LogP contribution in [0.15, 0.2) is 60.7 Å². The smallest absolute Gasteiger partial charge is 0.343 e. The highest BCUT2D eigenvalue weighted by Gasteiger charge is 2.19. The van der Waals surface area contributed by atoms with Crippen LogP contribution < -0.4 is 10.5 Å². The minimum Gasteiger partial charge on any atom is -0.481 e. The van der Waals surface area contributed by atoms with Crippen LogP contribution in [0.5, 0.6) is 5.75 Å². The maximum absolute atomic E-state index is 11.7. The number of hydrogen-bond acceptors (Lipinski definition) is 5. The minimum atomic E-state index is -0.462. The summed E-state index contributed by atoms with van der Waals surface area (Å²) in [7, 11) is 1.33. The average Bonchev–Trinajstić information content (AvgIpc) is 3.18. The number of hydrogen-bond donors (Lipinski definition) is 1. The average molecular weight is 461 g/mol. The summed E-state index contributed by atoms with van der Waals surface area (Å²) >= 11 is 0. The monoisotopic (exact) mass is 460 g/mol. The number of para-hydroxylation sites is 1. The van der Waals surface area contributed by atoms with Crippen molar-refractivity contribution in [3.63, 3.8) is 0 Å². The Morgan fingerprint density at radius 1 is 1.03 bits per heavy atom. The molecule has 7 heteroatoms. The standard InChI is InChI=1S/C27H28N2O5/c1-3-13-33-16-20-11-12-23(34-17-24(30)32-2)25-21-9-4-5-10-22(21)29(26(20)25)15-18-7-6-8-19(14-18)27(28)31/h4-12,14H,3,13,15-17H2,1-2H3,(H2,28,31). The Bertz CT molecular complexity index is 1340. The van der Waals surface area contributed by atoms with Crippen LogP contribution in [-0.2, 0) is 27.4 Å². The highest BCUT2D eigenvalue weighted by Crippen LogP contribution is 2.38. The summed E-state index contributed by atoms with van der Waals surface area (Å²) < 4.78 is 18.7. The molecule has 1 amide bonds. The first-order chi connectivity index (χ1) is 16.5. The SMILES string of the molecule is CCCOCc1ccc(OCC(=O)OC)c2c3ccccc3n(Cc3cccc(C(N)=O)c3)c12. The molecular weight excluding hydrogens is 432 g/mol. The van der Waals surface area contributed by atoms with Crippen LogP contribution in [0.2, 0.25) is 0 Å². The van der Waals surface area contributed by atoms with Crippen LogP contribution >= 0.6 is 0 Å². The Labute approximate surface area is 198 Å². The molecule has 0 radical (unpaired) electrons. The first kappa shape index (κ1) is 23.3. The molecule has 1 aromatic heterocycles. The molecule has 176 valence electrons. The molecule has 2 N–H and O–H groups in total. The van der Waals surface area contributed by atoms with Crippen LogP contribution in [0, 0.1) is 0 Å². The van der Waals surface area contributed by atoms with E-state index in [9.17, 15) is 9.59 Å². The number of aromatic nitrogens is 1. The number of ether oxygens (including phenoxy) is 3. The molecule has 0 aliphatic carbocycles. The van der Waals surface area contributed by atoms with Crippen LogP contribution in [0.3, 0.4) is 0 Å². The first-order valence-corrected chi connectivity index (χ1v) is 11.2. The van der Waals surface area contributed by atoms with Gasteiger partial charge in [0.05, 0.1) is 19.2 Å². The Balaban J connectivity index is 1.91. The van der Waals surface area contributed by atoms with E-state index in [1.165, 1.54) is 7.11 Å². The van der Waals surface area contributed by atoms with Gasteiger partial charge in [-0.2, -0.15) is 0 Å². The van der Waals surface area contributed by atoms with Crippen molar-refractivity contribution in [1.82, 2.24) is 4.57 Å². The molecule has 0 atom stereocenters. The summed E-state index contributed by atoms with van der Waals surface area (Å²) in [6.07, 6.45) is 0.923. The molecule has 1 heterocycles. The second kappa shape index (κ2) is 10.4. The second-order valence-corrected chi connectivity index (χ2v) is 8.03. The summed E-state index contributed by atoms with van der Waals surface area (Å²) in [5.74, 6) is -0.313. The van der Waals surface area contributed by atoms with E-state index < -0.39 is 11.9 Å². The number of fused-ring (bicyclic) bond motifs is 3. The van der Waals surface area contributed by atoms with Crippen molar-refractivity contribution in [3.05, 3.63) is 77.4 Å². The second-order valence-electron chi connectivity index (χ2n) is 8.03. The fraction of sp³-hybridized carbons (Fsp3) is 0.259. The lowest BCUT2D eigenvalue weighted by Gasteiger charge is -2.14. The van der Waals surface area contributed by atoms with Crippen molar-refractivity contribution in [2.45, 2.75) is 26.5 Å². The molecule has 0 saturated heterocycles. The molecule has 4 aromatic rings. The number of benzene rings is 3. The van der Waals surface area contributed by atoms with E-state index in [1.807, 2.05) is 54.6 Å². The summed E-state index contributed by atoms with van der Waals surface area (Å²) in [5.41, 5.74) is 9.89. The molecule has 7 nitrogen and oxygen atoms in total. The third kappa shape index (κ3) is 4.75. The van der Waals surface area contributed by atoms with E-state index in [0.717, 1.165) is 39.4 Å². The largest absolute Gasteiger partial charge is 0.481 e. The number of esters is 1. The van der Waals surface area contributed by atoms with Gasteiger partial charge in [0.2, 0.25) is 5.91 Å². The Hall–Kier alpha value is -3.84. The summed E-state index contributed by atoms with van der Waals surface area (Å²) in [6, 6.07) is 19.2. The lowest BCUT2D eigenvalue weighted by atomic mass is 10.1. The number of carbonyl (C=O) groups excluding carboxylic acids is 2. The van der Waals surface area contributed by atoms with Crippen molar-refractivity contribution in [2.24, 2.45) is 5.73 Å². The molecule has 0 aliphatic rings. The summed E-state index contributed by atoms with van der Waals surface area (Å²) in [6.45, 7) is 3.51. The summed E-state index contributed by atoms with van der Waals surface area (Å²) in [5, 5.41) is 1.91. The number of rotatable bonds is 10. The number of primary amides is 1. The van der Waals surface area contributed by atoms with Gasteiger partial charge in [-0.3, -0.25) is 4.79 Å². The van der Waals surface area contributed by atoms with Gasteiger partial charge in [-0.15, -0.1) is 0 Å². The van der Waals surface area contributed by atoms with Gasteiger partial charge in [0, 0.05) is 40.6 Å². The molecule has 0 aliphatic heterocycles. The zero-order valence-electron chi connectivity index (χ0n) is 19.4. The topological polar surface area (TPSA) is 92.8 Å². The predicted octanol–water partition coefficient (Wildman–Crippen LogP) is 4.42. The van der Waals surface area contributed by atoms with Crippen molar-refractivity contribution < 1.29 is 23.8 Å². The fourth-order valence-corrected chi connectivity index (χ4v) is 4.15. The van der Waals surface area contributed by atoms with Crippen molar-refractivity contribution >= 4 is 33.7 Å². The van der Waals surface area contributed by atoms with Crippen LogP contribution in [0.4, 0.5) is 0 Å². The maximum atomic E-state index is 11.7. The van der Waals surface area contributed by atoms with Crippen LogP contribution in [-0.4, -0.2) is 36.8 Å². The molecule has 0 bridgehead atoms. The minimum absolute atomic E-state index is 0.183. The molecular formula is C27H28N2O5. The molecule has 0 spiro atoms. The van der Waals surface area contributed by atoms with Gasteiger partial charge in [0.1, 0.15) is 5.75 Å². The number of nitrogens with zero attached hydrogens (tertiary/aromatic N) is 1. The lowest BCUT2D eigenvalue weighted by molar-refractivity contribution is -0.142. The summed E-state index contributed by atoms with van der Waals surface area (Å²) in [4.78, 5) is 23.5. The van der Waals surface area contributed by atoms with E-state index in [-0.39, 0.29) is 6.61 Å². The van der Waals surface area contributed by atoms with E-state index in [0.29, 0.717) is 31.1 Å². The van der Waals surface area contributed by atoms with Crippen molar-refractivity contribution in [2.75, 3.05) is 20.3 Å². The lowest BCUT2D eigenvalue weighted by Crippen LogP contribution is -2.13. The molecule has 4 rings (SSSR count). The van der Waals surface area contributed by atoms with E-state index >= 15 is 0 Å². The van der Waals surface area contributed by atoms with Gasteiger partial charge in [0.25, 0.3) is 0 Å². The molecule has 34 heavy (non-hydrogen) atoms. The Morgan fingerprint density at radius 2 is 1.85 bits per heavy atom. The van der Waals surface area contributed by atoms with Gasteiger partial charge in [-0.25, -0.2) is 4.79 Å². The quantitative estimate of drug-likeness (QED) is 0.279. The van der Waals surface area contributed by atoms with Crippen LogP contribution in [0.1, 0.15) is 34.8 Å². The molecule has 3 aromatic carbocycles. The van der Waals surface area contributed by atoms with Gasteiger partial charge in [-0.1, -0.05) is 43.3 Å². The third-order valence-electron chi connectivity index (χ3n) is 5.69. The fourth-order valence-electron chi connectivity index (χ4n) is 4.15. The van der Waals surface area contributed by atoms with Crippen molar-refractivity contribution in [3.8, 4) is 5.75 Å². The number of nitrogens with two attached hydrogens (primary N) is 1. The van der Waals surface area contributed by atoms with E-state index in [2.05, 4.69) is 11.5 Å². The first-order valence-electron chi connectivity index (χ1n) is 11.2. The molecule has 0 saturated carbocycles. The van der Waals surface area contributed by atoms with E-state index in [4.69, 9.17) is 19.9 Å². The van der Waals surface area contributed by atoms with Crippen molar-refractivity contribution in [1.29, 1.82) is 0 Å². The van der Waals surface area contributed by atoms with Gasteiger partial charge in [0.15, 0.2) is 6.61 Å². The van der Waals surface area contributed by atoms with Gasteiger partial charge in [-0.05, 0) is 36.2 Å². The Kier molecular flexibility index (Phi) is 7.13. The number of carbonyl (C=O) groups is 2. The molecule has 0 unspecified atom stereocenters. The molecule has 0 fully saturated rings. The van der Waals surface area contributed by atoms with Gasteiger partial charge >= 0.3 is 5.97 Å². The number of amides is 1. The zero-order chi connectivity index (χ0) is 24.1. The Morgan fingerprint density at radius 3 is 2.62 bits per heavy atom. The maximum Gasteiger partial charge on any atom is 0.343 e. The highest BCUT2D eigenvalue weighted by molar-refractivity contribution is 6.12. The van der Waals surface area contributed by atoms with E-state index in [1.54, 1.807) is 6.07 Å². The predicted molar refractivity (Wildman–Crippen MR) is 131 cm³/mol. The number of methoxy groups -OCH3 is 1. The highest BCUT2D eigenvalue weighted by atomic mass is 16.6. The normalized spacial score (nSPS) is 11.1.